The Kier molecular flexibility index (Phi) is 6.36. The van der Waals surface area contributed by atoms with Crippen LogP contribution in [0.15, 0.2) is 36.4 Å². The molecule has 1 aromatic heterocycles. The van der Waals surface area contributed by atoms with E-state index in [1.807, 2.05) is 13.8 Å². The highest BCUT2D eigenvalue weighted by Crippen LogP contribution is 2.31. The molecule has 0 aliphatic heterocycles. The third-order valence-corrected chi connectivity index (χ3v) is 4.24. The van der Waals surface area contributed by atoms with Crippen LogP contribution in [0.5, 0.6) is 5.75 Å². The third kappa shape index (κ3) is 4.77. The minimum atomic E-state index is -0.792. The van der Waals surface area contributed by atoms with E-state index in [1.54, 1.807) is 13.0 Å². The average Bonchev–Trinajstić information content (AvgIpc) is 3.17. The van der Waals surface area contributed by atoms with Gasteiger partial charge in [-0.3, -0.25) is 0 Å². The number of carbonyl (C=O) groups is 1. The standard InChI is InChI=1S/C20H21F2N5O3/c1-11(2)19-24-25-26-27(19)15-6-13(17-5-4-14(21)8-18(17)22)7-16(9-15)30-20(29)23-12(3)10-28/h4-9,11-12,28H,10H2,1-3H3,(H,23,29)/t12-/m0/s1. The Labute approximate surface area is 171 Å². The summed E-state index contributed by atoms with van der Waals surface area (Å²) in [5.41, 5.74) is 0.891. The summed E-state index contributed by atoms with van der Waals surface area (Å²) in [6.07, 6.45) is -0.792. The molecule has 0 aliphatic rings. The SMILES string of the molecule is CC(C)c1nnnn1-c1cc(OC(=O)N[C@@H](C)CO)cc(-c2ccc(F)cc2F)c1. The number of benzene rings is 2. The van der Waals surface area contributed by atoms with Gasteiger partial charge in [-0.15, -0.1) is 5.10 Å². The van der Waals surface area contributed by atoms with Crippen molar-refractivity contribution in [2.75, 3.05) is 6.61 Å². The summed E-state index contributed by atoms with van der Waals surface area (Å²) in [4.78, 5) is 12.1. The molecule has 0 fully saturated rings. The Morgan fingerprint density at radius 2 is 1.97 bits per heavy atom. The van der Waals surface area contributed by atoms with Gasteiger partial charge in [0.2, 0.25) is 0 Å². The molecule has 0 unspecified atom stereocenters. The third-order valence-electron chi connectivity index (χ3n) is 4.24. The van der Waals surface area contributed by atoms with Crippen molar-refractivity contribution in [1.82, 2.24) is 25.5 Å². The Bertz CT molecular complexity index is 1050. The summed E-state index contributed by atoms with van der Waals surface area (Å²) in [7, 11) is 0. The predicted octanol–water partition coefficient (Wildman–Crippen LogP) is 3.20. The molecule has 0 saturated carbocycles. The highest BCUT2D eigenvalue weighted by molar-refractivity contribution is 5.74. The van der Waals surface area contributed by atoms with Crippen molar-refractivity contribution >= 4 is 6.09 Å². The zero-order valence-corrected chi connectivity index (χ0v) is 16.6. The van der Waals surface area contributed by atoms with Crippen LogP contribution in [0.2, 0.25) is 0 Å². The zero-order chi connectivity index (χ0) is 21.8. The Hall–Kier alpha value is -3.40. The molecule has 1 amide bonds. The lowest BCUT2D eigenvalue weighted by Gasteiger charge is -2.14. The van der Waals surface area contributed by atoms with Gasteiger partial charge in [0, 0.05) is 23.6 Å². The molecule has 8 nitrogen and oxygen atoms in total. The predicted molar refractivity (Wildman–Crippen MR) is 104 cm³/mol. The molecular weight excluding hydrogens is 396 g/mol. The minimum absolute atomic E-state index is 0.00992. The molecule has 0 radical (unpaired) electrons. The quantitative estimate of drug-likeness (QED) is 0.639. The van der Waals surface area contributed by atoms with Gasteiger partial charge in [-0.2, -0.15) is 4.68 Å². The van der Waals surface area contributed by atoms with Gasteiger partial charge in [-0.25, -0.2) is 13.6 Å². The minimum Gasteiger partial charge on any atom is -0.410 e. The molecule has 10 heteroatoms. The summed E-state index contributed by atoms with van der Waals surface area (Å²) in [6, 6.07) is 7.27. The van der Waals surface area contributed by atoms with Gasteiger partial charge < -0.3 is 15.2 Å². The molecule has 2 N–H and O–H groups in total. The molecule has 0 spiro atoms. The first-order valence-corrected chi connectivity index (χ1v) is 9.27. The second-order valence-electron chi connectivity index (χ2n) is 7.06. The molecular formula is C20H21F2N5O3. The van der Waals surface area contributed by atoms with Gasteiger partial charge >= 0.3 is 6.09 Å². The first-order chi connectivity index (χ1) is 14.3. The number of hydrogen-bond donors (Lipinski definition) is 2. The number of nitrogens with zero attached hydrogens (tertiary/aromatic N) is 4. The highest BCUT2D eigenvalue weighted by atomic mass is 19.1. The van der Waals surface area contributed by atoms with E-state index in [2.05, 4.69) is 20.8 Å². The van der Waals surface area contributed by atoms with Crippen LogP contribution < -0.4 is 10.1 Å². The molecule has 3 aromatic rings. The largest absolute Gasteiger partial charge is 0.412 e. The zero-order valence-electron chi connectivity index (χ0n) is 16.6. The van der Waals surface area contributed by atoms with Gasteiger partial charge in [0.1, 0.15) is 17.4 Å². The van der Waals surface area contributed by atoms with Gasteiger partial charge in [0.15, 0.2) is 5.82 Å². The second kappa shape index (κ2) is 8.95. The van der Waals surface area contributed by atoms with E-state index in [9.17, 15) is 13.6 Å². The fourth-order valence-corrected chi connectivity index (χ4v) is 2.76. The van der Waals surface area contributed by atoms with Crippen molar-refractivity contribution < 1.29 is 23.4 Å². The maximum atomic E-state index is 14.4. The molecule has 2 aromatic carbocycles. The van der Waals surface area contributed by atoms with E-state index in [-0.39, 0.29) is 23.8 Å². The van der Waals surface area contributed by atoms with Gasteiger partial charge in [-0.1, -0.05) is 13.8 Å². The van der Waals surface area contributed by atoms with Crippen LogP contribution in [0.1, 0.15) is 32.5 Å². The van der Waals surface area contributed by atoms with Crippen molar-refractivity contribution in [3.05, 3.63) is 53.9 Å². The maximum absolute atomic E-state index is 14.4. The van der Waals surface area contributed by atoms with E-state index < -0.39 is 23.8 Å². The van der Waals surface area contributed by atoms with Gasteiger partial charge in [0.25, 0.3) is 0 Å². The number of aromatic nitrogens is 4. The summed E-state index contributed by atoms with van der Waals surface area (Å²) in [5.74, 6) is -0.833. The maximum Gasteiger partial charge on any atom is 0.412 e. The number of nitrogens with one attached hydrogen (secondary N) is 1. The van der Waals surface area contributed by atoms with Gasteiger partial charge in [0.05, 0.1) is 18.3 Å². The van der Waals surface area contributed by atoms with E-state index in [1.165, 1.54) is 22.9 Å². The highest BCUT2D eigenvalue weighted by Gasteiger charge is 2.17. The number of amides is 1. The number of aliphatic hydroxyl groups is 1. The molecule has 3 rings (SSSR count). The number of halogens is 2. The number of hydrogen-bond acceptors (Lipinski definition) is 6. The van der Waals surface area contributed by atoms with Crippen molar-refractivity contribution in [3.63, 3.8) is 0 Å². The molecule has 0 bridgehead atoms. The fraction of sp³-hybridized carbons (Fsp3) is 0.300. The van der Waals surface area contributed by atoms with Crippen molar-refractivity contribution in [2.24, 2.45) is 0 Å². The fourth-order valence-electron chi connectivity index (χ4n) is 2.76. The first kappa shape index (κ1) is 21.3. The number of ether oxygens (including phenoxy) is 1. The van der Waals surface area contributed by atoms with Crippen LogP contribution in [0.3, 0.4) is 0 Å². The van der Waals surface area contributed by atoms with Crippen LogP contribution >= 0.6 is 0 Å². The van der Waals surface area contributed by atoms with Crippen molar-refractivity contribution in [3.8, 4) is 22.6 Å². The Morgan fingerprint density at radius 3 is 2.63 bits per heavy atom. The van der Waals surface area contributed by atoms with E-state index in [0.717, 1.165) is 12.1 Å². The van der Waals surface area contributed by atoms with Crippen LogP contribution in [0, 0.1) is 11.6 Å². The molecule has 1 heterocycles. The molecule has 0 saturated heterocycles. The molecule has 0 aliphatic carbocycles. The monoisotopic (exact) mass is 417 g/mol. The topological polar surface area (TPSA) is 102 Å². The molecule has 30 heavy (non-hydrogen) atoms. The van der Waals surface area contributed by atoms with E-state index >= 15 is 0 Å². The normalized spacial score (nSPS) is 12.1. The number of aliphatic hydroxyl groups excluding tert-OH is 1. The smallest absolute Gasteiger partial charge is 0.410 e. The summed E-state index contributed by atoms with van der Waals surface area (Å²) in [5, 5.41) is 23.2. The summed E-state index contributed by atoms with van der Waals surface area (Å²) < 4.78 is 34.5. The van der Waals surface area contributed by atoms with Crippen LogP contribution in [-0.4, -0.2) is 44.1 Å². The average molecular weight is 417 g/mol. The lowest BCUT2D eigenvalue weighted by atomic mass is 10.0. The second-order valence-corrected chi connectivity index (χ2v) is 7.06. The van der Waals surface area contributed by atoms with Crippen LogP contribution in [0.25, 0.3) is 16.8 Å². The summed E-state index contributed by atoms with van der Waals surface area (Å²) >= 11 is 0. The van der Waals surface area contributed by atoms with Crippen LogP contribution in [0.4, 0.5) is 13.6 Å². The Morgan fingerprint density at radius 1 is 1.20 bits per heavy atom. The molecule has 158 valence electrons. The van der Waals surface area contributed by atoms with Crippen molar-refractivity contribution in [1.29, 1.82) is 0 Å². The van der Waals surface area contributed by atoms with Crippen molar-refractivity contribution in [2.45, 2.75) is 32.7 Å². The van der Waals surface area contributed by atoms with E-state index in [0.29, 0.717) is 17.1 Å². The number of tetrazole rings is 1. The van der Waals surface area contributed by atoms with Gasteiger partial charge in [-0.05, 0) is 47.2 Å². The summed E-state index contributed by atoms with van der Waals surface area (Å²) in [6.45, 7) is 5.16. The van der Waals surface area contributed by atoms with E-state index in [4.69, 9.17) is 9.84 Å². The number of rotatable bonds is 6. The van der Waals surface area contributed by atoms with Crippen LogP contribution in [-0.2, 0) is 0 Å². The lowest BCUT2D eigenvalue weighted by molar-refractivity contribution is 0.186. The first-order valence-electron chi connectivity index (χ1n) is 9.27. The molecule has 1 atom stereocenters. The lowest BCUT2D eigenvalue weighted by Crippen LogP contribution is -2.37. The number of carbonyl (C=O) groups excluding carboxylic acids is 1. The Balaban J connectivity index is 2.08.